The number of ether oxygens (including phenoxy) is 2. The summed E-state index contributed by atoms with van der Waals surface area (Å²) >= 11 is 0. The Kier molecular flexibility index (Phi) is 2.15. The van der Waals surface area contributed by atoms with Crippen LogP contribution in [0.5, 0.6) is 11.5 Å². The van der Waals surface area contributed by atoms with Gasteiger partial charge >= 0.3 is 0 Å². The Balaban J connectivity index is 1.98. The van der Waals surface area contributed by atoms with E-state index in [2.05, 4.69) is 18.2 Å². The van der Waals surface area contributed by atoms with Gasteiger partial charge in [-0.25, -0.2) is 0 Å². The van der Waals surface area contributed by atoms with Crippen LogP contribution in [-0.4, -0.2) is 7.11 Å². The van der Waals surface area contributed by atoms with E-state index < -0.39 is 0 Å². The minimum absolute atomic E-state index is 0.154. The number of aryl methyl sites for hydroxylation is 1. The van der Waals surface area contributed by atoms with Crippen molar-refractivity contribution in [2.45, 2.75) is 25.4 Å². The first kappa shape index (κ1) is 11.6. The molecule has 1 aliphatic carbocycles. The van der Waals surface area contributed by atoms with Crippen molar-refractivity contribution in [2.24, 2.45) is 0 Å². The molecule has 0 saturated heterocycles. The Hall–Kier alpha value is -2.16. The number of nitrogens with two attached hydrogens (primary N) is 1. The lowest BCUT2D eigenvalue weighted by Crippen LogP contribution is -2.21. The van der Waals surface area contributed by atoms with Crippen LogP contribution in [0.2, 0.25) is 0 Å². The predicted octanol–water partition coefficient (Wildman–Crippen LogP) is 3.63. The first-order valence-electron chi connectivity index (χ1n) is 6.91. The van der Waals surface area contributed by atoms with Crippen LogP contribution in [0.15, 0.2) is 30.3 Å². The molecule has 2 N–H and O–H groups in total. The van der Waals surface area contributed by atoms with E-state index in [1.165, 1.54) is 11.1 Å². The molecule has 1 spiro atoms. The van der Waals surface area contributed by atoms with Gasteiger partial charge in [0.1, 0.15) is 17.1 Å². The number of nitrogen functional groups attached to an aromatic ring is 1. The van der Waals surface area contributed by atoms with E-state index in [9.17, 15) is 0 Å². The van der Waals surface area contributed by atoms with Crippen molar-refractivity contribution in [1.82, 2.24) is 0 Å². The second-order valence-electron chi connectivity index (χ2n) is 5.71. The lowest BCUT2D eigenvalue weighted by Gasteiger charge is -2.30. The number of hydrogen-bond donors (Lipinski definition) is 1. The summed E-state index contributed by atoms with van der Waals surface area (Å²) in [6.07, 6.45) is 2.11. The third kappa shape index (κ3) is 1.46. The molecule has 3 heteroatoms. The largest absolute Gasteiger partial charge is 0.497 e. The zero-order valence-corrected chi connectivity index (χ0v) is 11.7. The topological polar surface area (TPSA) is 44.5 Å². The molecule has 4 rings (SSSR count). The van der Waals surface area contributed by atoms with Gasteiger partial charge < -0.3 is 15.2 Å². The molecule has 0 unspecified atom stereocenters. The van der Waals surface area contributed by atoms with Gasteiger partial charge in [-0.3, -0.25) is 0 Å². The van der Waals surface area contributed by atoms with E-state index in [1.54, 1.807) is 7.11 Å². The number of benzene rings is 2. The molecule has 3 nitrogen and oxygen atoms in total. The van der Waals surface area contributed by atoms with E-state index >= 15 is 0 Å². The van der Waals surface area contributed by atoms with Crippen molar-refractivity contribution >= 4 is 5.69 Å². The second-order valence-corrected chi connectivity index (χ2v) is 5.71. The Labute approximate surface area is 118 Å². The van der Waals surface area contributed by atoms with Crippen molar-refractivity contribution in [2.75, 3.05) is 12.8 Å². The molecule has 0 bridgehead atoms. The maximum atomic E-state index is 6.26. The fourth-order valence-electron chi connectivity index (χ4n) is 3.01. The van der Waals surface area contributed by atoms with Gasteiger partial charge in [0.15, 0.2) is 0 Å². The minimum Gasteiger partial charge on any atom is -0.497 e. The molecule has 2 aliphatic rings. The van der Waals surface area contributed by atoms with Gasteiger partial charge in [0.25, 0.3) is 0 Å². The summed E-state index contributed by atoms with van der Waals surface area (Å²) < 4.78 is 11.6. The van der Waals surface area contributed by atoms with Gasteiger partial charge in [0, 0.05) is 22.9 Å². The first-order chi connectivity index (χ1) is 9.63. The molecule has 0 amide bonds. The zero-order valence-electron chi connectivity index (χ0n) is 11.7. The summed E-state index contributed by atoms with van der Waals surface area (Å²) in [4.78, 5) is 0. The monoisotopic (exact) mass is 267 g/mol. The van der Waals surface area contributed by atoms with Crippen LogP contribution in [0.3, 0.4) is 0 Å². The molecule has 1 aliphatic heterocycles. The summed E-state index contributed by atoms with van der Waals surface area (Å²) in [5, 5.41) is 0. The van der Waals surface area contributed by atoms with E-state index in [0.29, 0.717) is 0 Å². The number of hydrogen-bond acceptors (Lipinski definition) is 3. The molecule has 1 heterocycles. The van der Waals surface area contributed by atoms with Gasteiger partial charge in [-0.1, -0.05) is 6.07 Å². The van der Waals surface area contributed by atoms with Crippen LogP contribution >= 0.6 is 0 Å². The lowest BCUT2D eigenvalue weighted by molar-refractivity contribution is 0.177. The van der Waals surface area contributed by atoms with Gasteiger partial charge in [-0.05, 0) is 49.1 Å². The first-order valence-corrected chi connectivity index (χ1v) is 6.91. The SMILES string of the molecule is COc1ccc2c(c1)C1(CC1)Oc1cc(N)c(C)cc1-2. The molecule has 2 aromatic rings. The highest BCUT2D eigenvalue weighted by molar-refractivity contribution is 5.80. The van der Waals surface area contributed by atoms with E-state index in [4.69, 9.17) is 15.2 Å². The average molecular weight is 267 g/mol. The summed E-state index contributed by atoms with van der Waals surface area (Å²) in [6, 6.07) is 10.3. The summed E-state index contributed by atoms with van der Waals surface area (Å²) in [5.74, 6) is 1.79. The van der Waals surface area contributed by atoms with E-state index in [0.717, 1.165) is 41.2 Å². The fraction of sp³-hybridized carbons (Fsp3) is 0.294. The van der Waals surface area contributed by atoms with E-state index in [-0.39, 0.29) is 5.60 Å². The molecular weight excluding hydrogens is 250 g/mol. The Morgan fingerprint density at radius 2 is 1.95 bits per heavy atom. The van der Waals surface area contributed by atoms with Crippen LogP contribution < -0.4 is 15.2 Å². The zero-order chi connectivity index (χ0) is 13.9. The summed E-state index contributed by atoms with van der Waals surface area (Å²) in [6.45, 7) is 2.03. The Bertz CT molecular complexity index is 717. The molecule has 1 saturated carbocycles. The van der Waals surface area contributed by atoms with Crippen molar-refractivity contribution in [1.29, 1.82) is 0 Å². The average Bonchev–Trinajstić information content (AvgIpc) is 3.22. The molecule has 102 valence electrons. The lowest BCUT2D eigenvalue weighted by atomic mass is 9.90. The fourth-order valence-corrected chi connectivity index (χ4v) is 3.01. The maximum Gasteiger partial charge on any atom is 0.135 e. The number of anilines is 1. The minimum atomic E-state index is -0.154. The molecule has 0 aromatic heterocycles. The maximum absolute atomic E-state index is 6.26. The summed E-state index contributed by atoms with van der Waals surface area (Å²) in [5.41, 5.74) is 11.4. The number of rotatable bonds is 1. The highest BCUT2D eigenvalue weighted by atomic mass is 16.5. The van der Waals surface area contributed by atoms with Crippen molar-refractivity contribution < 1.29 is 9.47 Å². The smallest absolute Gasteiger partial charge is 0.135 e. The van der Waals surface area contributed by atoms with Gasteiger partial charge in [0.05, 0.1) is 7.11 Å². The third-order valence-corrected chi connectivity index (χ3v) is 4.39. The Morgan fingerprint density at radius 1 is 1.15 bits per heavy atom. The van der Waals surface area contributed by atoms with Gasteiger partial charge in [-0.15, -0.1) is 0 Å². The van der Waals surface area contributed by atoms with E-state index in [1.807, 2.05) is 19.1 Å². The molecule has 2 aromatic carbocycles. The Morgan fingerprint density at radius 3 is 2.65 bits per heavy atom. The quantitative estimate of drug-likeness (QED) is 0.802. The highest BCUT2D eigenvalue weighted by Crippen LogP contribution is 2.58. The van der Waals surface area contributed by atoms with Crippen molar-refractivity contribution in [3.05, 3.63) is 41.5 Å². The highest BCUT2D eigenvalue weighted by Gasteiger charge is 2.51. The number of methoxy groups -OCH3 is 1. The molecule has 0 radical (unpaired) electrons. The molecular formula is C17H17NO2. The number of fused-ring (bicyclic) bond motifs is 4. The van der Waals surface area contributed by atoms with Crippen molar-refractivity contribution in [3.8, 4) is 22.6 Å². The van der Waals surface area contributed by atoms with Gasteiger partial charge in [0.2, 0.25) is 0 Å². The van der Waals surface area contributed by atoms with Gasteiger partial charge in [-0.2, -0.15) is 0 Å². The molecule has 20 heavy (non-hydrogen) atoms. The molecule has 1 fully saturated rings. The normalized spacial score (nSPS) is 17.1. The standard InChI is InChI=1S/C17H17NO2/c1-10-7-13-12-4-3-11(19-2)8-14(12)17(5-6-17)20-16(13)9-15(10)18/h3-4,7-9H,5-6,18H2,1-2H3. The molecule has 0 atom stereocenters. The summed E-state index contributed by atoms with van der Waals surface area (Å²) in [7, 11) is 1.70. The van der Waals surface area contributed by atoms with Crippen LogP contribution in [0, 0.1) is 6.92 Å². The van der Waals surface area contributed by atoms with Crippen molar-refractivity contribution in [3.63, 3.8) is 0 Å². The van der Waals surface area contributed by atoms with Crippen LogP contribution in [0.4, 0.5) is 5.69 Å². The predicted molar refractivity (Wildman–Crippen MR) is 79.1 cm³/mol. The second kappa shape index (κ2) is 3.69. The van der Waals surface area contributed by atoms with Crippen LogP contribution in [0.25, 0.3) is 11.1 Å². The van der Waals surface area contributed by atoms with Crippen LogP contribution in [-0.2, 0) is 5.60 Å². The third-order valence-electron chi connectivity index (χ3n) is 4.39. The van der Waals surface area contributed by atoms with Crippen LogP contribution in [0.1, 0.15) is 24.0 Å².